The van der Waals surface area contributed by atoms with E-state index in [-0.39, 0.29) is 17.0 Å². The summed E-state index contributed by atoms with van der Waals surface area (Å²) >= 11 is 4.28. The Bertz CT molecular complexity index is 1110. The Morgan fingerprint density at radius 3 is 2.48 bits per heavy atom. The summed E-state index contributed by atoms with van der Waals surface area (Å²) in [6, 6.07) is 0. The molecule has 0 spiro atoms. The number of rotatable bonds is 8. The van der Waals surface area contributed by atoms with Crippen LogP contribution in [0.1, 0.15) is 6.23 Å². The molecular weight excluding hydrogens is 507 g/mol. The fourth-order valence-corrected chi connectivity index (χ4v) is 7.45. The summed E-state index contributed by atoms with van der Waals surface area (Å²) in [5.41, 5.74) is 5.92. The van der Waals surface area contributed by atoms with Gasteiger partial charge in [-0.3, -0.25) is 9.09 Å². The maximum absolute atomic E-state index is 12.3. The van der Waals surface area contributed by atoms with Gasteiger partial charge in [0.15, 0.2) is 17.7 Å². The van der Waals surface area contributed by atoms with Gasteiger partial charge >= 0.3 is 22.4 Å². The number of aromatic nitrogens is 4. The summed E-state index contributed by atoms with van der Waals surface area (Å²) in [6.45, 7) is -5.68. The minimum absolute atomic E-state index is 0.00481. The second-order valence-electron chi connectivity index (χ2n) is 5.98. The molecule has 2 unspecified atom stereocenters. The molecule has 3 heterocycles. The molecule has 174 valence electrons. The van der Waals surface area contributed by atoms with Crippen molar-refractivity contribution in [3.05, 3.63) is 12.7 Å². The Balaban J connectivity index is 1.91. The van der Waals surface area contributed by atoms with E-state index in [1.54, 1.807) is 0 Å². The molecule has 6 atom stereocenters. The SMILES string of the molecule is Nc1ncnc2c1ncn2[C@@H]1O[C@H](CO)[C@@H](O)[C@H]1OP(=O)(O)OP(O)(=S)OP(=O)(O)O. The summed E-state index contributed by atoms with van der Waals surface area (Å²) in [5.74, 6) is 0.00481. The number of anilines is 1. The van der Waals surface area contributed by atoms with Gasteiger partial charge in [0, 0.05) is 0 Å². The van der Waals surface area contributed by atoms with Gasteiger partial charge in [0.05, 0.1) is 12.9 Å². The molecular formula is C10H16N5O12P3S. The monoisotopic (exact) mass is 523 g/mol. The molecule has 21 heteroatoms. The molecule has 2 aromatic heterocycles. The Morgan fingerprint density at radius 1 is 1.19 bits per heavy atom. The van der Waals surface area contributed by atoms with Crippen molar-refractivity contribution >= 4 is 51.2 Å². The second-order valence-corrected chi connectivity index (χ2v) is 11.7. The summed E-state index contributed by atoms with van der Waals surface area (Å²) in [6.07, 6.45) is -3.92. The van der Waals surface area contributed by atoms with E-state index in [0.29, 0.717) is 0 Å². The van der Waals surface area contributed by atoms with Gasteiger partial charge in [-0.05, 0) is 11.8 Å². The summed E-state index contributed by atoms with van der Waals surface area (Å²) in [4.78, 5) is 48.7. The first-order valence-corrected chi connectivity index (χ1v) is 13.5. The van der Waals surface area contributed by atoms with Crippen LogP contribution in [0, 0.1) is 0 Å². The smallest absolute Gasteiger partial charge is 0.394 e. The summed E-state index contributed by atoms with van der Waals surface area (Å²) < 4.78 is 42.6. The molecule has 1 aliphatic heterocycles. The minimum Gasteiger partial charge on any atom is -0.394 e. The van der Waals surface area contributed by atoms with Crippen molar-refractivity contribution in [3.8, 4) is 0 Å². The van der Waals surface area contributed by atoms with Crippen LogP contribution in [0.15, 0.2) is 12.7 Å². The van der Waals surface area contributed by atoms with E-state index < -0.39 is 53.5 Å². The number of aliphatic hydroxyl groups is 2. The standard InChI is InChI=1S/C10H16N5O12P3S/c11-8-5-9(13-2-12-8)15(3-14-5)10-7(6(17)4(1-16)24-10)25-29(21,22)27-30(23,31)26-28(18,19)20/h2-4,6-7,10,16-17H,1H2,(H,21,22)(H,23,31)(H2,11,12,13)(H2,18,19,20)/t4-,6-,7-,10-,30?/m1/s1. The van der Waals surface area contributed by atoms with Gasteiger partial charge in [0.25, 0.3) is 0 Å². The number of ether oxygens (including phenoxy) is 1. The van der Waals surface area contributed by atoms with Crippen molar-refractivity contribution in [3.63, 3.8) is 0 Å². The molecule has 0 bridgehead atoms. The van der Waals surface area contributed by atoms with Crippen LogP contribution in [0.5, 0.6) is 0 Å². The van der Waals surface area contributed by atoms with E-state index in [1.807, 2.05) is 0 Å². The second kappa shape index (κ2) is 8.78. The normalized spacial score (nSPS) is 28.5. The molecule has 8 N–H and O–H groups in total. The molecule has 2 aromatic rings. The van der Waals surface area contributed by atoms with Crippen LogP contribution < -0.4 is 5.73 Å². The number of phosphoric ester groups is 1. The van der Waals surface area contributed by atoms with Crippen LogP contribution in [0.25, 0.3) is 11.2 Å². The molecule has 3 rings (SSSR count). The molecule has 0 saturated carbocycles. The number of hydrogen-bond acceptors (Lipinski definition) is 13. The van der Waals surface area contributed by atoms with Crippen molar-refractivity contribution < 1.29 is 56.8 Å². The van der Waals surface area contributed by atoms with Crippen LogP contribution in [-0.2, 0) is 38.8 Å². The van der Waals surface area contributed by atoms with Crippen LogP contribution >= 0.6 is 22.4 Å². The van der Waals surface area contributed by atoms with Gasteiger partial charge in [-0.1, -0.05) is 0 Å². The summed E-state index contributed by atoms with van der Waals surface area (Å²) in [7, 11) is -10.8. The lowest BCUT2D eigenvalue weighted by atomic mass is 10.1. The highest BCUT2D eigenvalue weighted by molar-refractivity contribution is 8.09. The number of nitrogen functional groups attached to an aromatic ring is 1. The van der Waals surface area contributed by atoms with Crippen LogP contribution in [0.4, 0.5) is 5.82 Å². The van der Waals surface area contributed by atoms with Gasteiger partial charge < -0.3 is 40.3 Å². The van der Waals surface area contributed by atoms with Crippen LogP contribution in [-0.4, -0.2) is 74.2 Å². The van der Waals surface area contributed by atoms with E-state index in [1.165, 1.54) is 0 Å². The lowest BCUT2D eigenvalue weighted by Gasteiger charge is -2.25. The highest BCUT2D eigenvalue weighted by Crippen LogP contribution is 2.67. The largest absolute Gasteiger partial charge is 0.480 e. The van der Waals surface area contributed by atoms with Gasteiger partial charge in [0.1, 0.15) is 30.2 Å². The first-order chi connectivity index (χ1) is 14.2. The van der Waals surface area contributed by atoms with Crippen molar-refractivity contribution in [2.45, 2.75) is 24.5 Å². The molecule has 0 aliphatic carbocycles. The topological polar surface area (TPSA) is 262 Å². The molecule has 0 aromatic carbocycles. The summed E-state index contributed by atoms with van der Waals surface area (Å²) in [5, 5.41) is 19.8. The zero-order valence-electron chi connectivity index (χ0n) is 14.9. The van der Waals surface area contributed by atoms with Gasteiger partial charge in [-0.25, -0.2) is 32.7 Å². The molecule has 0 amide bonds. The van der Waals surface area contributed by atoms with Crippen molar-refractivity contribution in [2.75, 3.05) is 12.3 Å². The van der Waals surface area contributed by atoms with Gasteiger partial charge in [-0.2, -0.15) is 0 Å². The molecule has 0 radical (unpaired) electrons. The number of hydrogen-bond donors (Lipinski definition) is 7. The zero-order valence-corrected chi connectivity index (χ0v) is 18.4. The third-order valence-corrected chi connectivity index (χ3v) is 8.86. The minimum atomic E-state index is -5.42. The Morgan fingerprint density at radius 2 is 1.87 bits per heavy atom. The lowest BCUT2D eigenvalue weighted by Crippen LogP contribution is -2.35. The third-order valence-electron chi connectivity index (χ3n) is 3.82. The number of phosphoric acid groups is 2. The predicted octanol–water partition coefficient (Wildman–Crippen LogP) is -1.51. The first-order valence-electron chi connectivity index (χ1n) is 7.92. The molecule has 1 fully saturated rings. The fraction of sp³-hybridized carbons (Fsp3) is 0.500. The molecule has 1 aliphatic rings. The Labute approximate surface area is 177 Å². The van der Waals surface area contributed by atoms with Crippen molar-refractivity contribution in [2.24, 2.45) is 0 Å². The average molecular weight is 523 g/mol. The van der Waals surface area contributed by atoms with E-state index in [9.17, 15) is 29.1 Å². The number of nitrogens with zero attached hydrogens (tertiary/aromatic N) is 4. The predicted molar refractivity (Wildman–Crippen MR) is 102 cm³/mol. The van der Waals surface area contributed by atoms with Crippen LogP contribution in [0.3, 0.4) is 0 Å². The van der Waals surface area contributed by atoms with E-state index in [0.717, 1.165) is 17.2 Å². The van der Waals surface area contributed by atoms with Crippen molar-refractivity contribution in [1.29, 1.82) is 0 Å². The number of nitrogens with two attached hydrogens (primary N) is 1. The molecule has 31 heavy (non-hydrogen) atoms. The van der Waals surface area contributed by atoms with E-state index in [4.69, 9.17) is 24.8 Å². The third kappa shape index (κ3) is 5.71. The Hall–Kier alpha value is -0.940. The van der Waals surface area contributed by atoms with E-state index in [2.05, 4.69) is 35.4 Å². The maximum Gasteiger partial charge on any atom is 0.480 e. The zero-order chi connectivity index (χ0) is 23.2. The maximum atomic E-state index is 12.3. The fourth-order valence-electron chi connectivity index (χ4n) is 2.72. The first kappa shape index (κ1) is 24.7. The Kier molecular flexibility index (Phi) is 6.99. The van der Waals surface area contributed by atoms with E-state index >= 15 is 0 Å². The lowest BCUT2D eigenvalue weighted by molar-refractivity contribution is -0.0504. The quantitative estimate of drug-likeness (QED) is 0.194. The average Bonchev–Trinajstić information content (AvgIpc) is 3.14. The highest BCUT2D eigenvalue weighted by atomic mass is 32.5. The van der Waals surface area contributed by atoms with Gasteiger partial charge in [0.2, 0.25) is 0 Å². The number of fused-ring (bicyclic) bond motifs is 1. The number of aliphatic hydroxyl groups excluding tert-OH is 2. The van der Waals surface area contributed by atoms with Crippen molar-refractivity contribution in [1.82, 2.24) is 19.5 Å². The highest BCUT2D eigenvalue weighted by Gasteiger charge is 2.50. The van der Waals surface area contributed by atoms with Crippen LogP contribution in [0.2, 0.25) is 0 Å². The molecule has 1 saturated heterocycles. The number of imidazole rings is 1. The van der Waals surface area contributed by atoms with Gasteiger partial charge in [-0.15, -0.1) is 0 Å². The molecule has 17 nitrogen and oxygen atoms in total.